The molecule has 0 saturated carbocycles. The highest BCUT2D eigenvalue weighted by Crippen LogP contribution is 2.26. The molecule has 0 spiro atoms. The standard InChI is InChI=1S/C19H22N2OS/c22-19(7-6-16-8-11-20-12-9-16)21-13-10-17(14-21)15-23-18-4-2-1-3-5-18/h1-5,8-9,11-12,17H,6-7,10,13-15H2/t17-/m0/s1. The lowest BCUT2D eigenvalue weighted by Crippen LogP contribution is -2.29. The van der Waals surface area contributed by atoms with Crippen LogP contribution in [0.1, 0.15) is 18.4 Å². The number of hydrogen-bond donors (Lipinski definition) is 0. The molecule has 3 nitrogen and oxygen atoms in total. The number of hydrogen-bond acceptors (Lipinski definition) is 3. The Kier molecular flexibility index (Phi) is 5.70. The smallest absolute Gasteiger partial charge is 0.222 e. The highest BCUT2D eigenvalue weighted by molar-refractivity contribution is 7.99. The normalized spacial score (nSPS) is 17.4. The minimum Gasteiger partial charge on any atom is -0.342 e. The fraction of sp³-hybridized carbons (Fsp3) is 0.368. The van der Waals surface area contributed by atoms with Gasteiger partial charge in [0.1, 0.15) is 0 Å². The Morgan fingerprint density at radius 3 is 2.74 bits per heavy atom. The van der Waals surface area contributed by atoms with Crippen LogP contribution in [0, 0.1) is 5.92 Å². The first-order chi connectivity index (χ1) is 11.3. The molecule has 1 saturated heterocycles. The summed E-state index contributed by atoms with van der Waals surface area (Å²) >= 11 is 1.90. The zero-order valence-corrected chi connectivity index (χ0v) is 14.0. The SMILES string of the molecule is O=C(CCc1ccncc1)N1CC[C@H](CSc2ccccc2)C1. The number of amides is 1. The van der Waals surface area contributed by atoms with E-state index >= 15 is 0 Å². The number of carbonyl (C=O) groups is 1. The number of carbonyl (C=O) groups excluding carboxylic acids is 1. The van der Waals surface area contributed by atoms with Crippen molar-refractivity contribution in [3.63, 3.8) is 0 Å². The molecule has 1 aromatic carbocycles. The number of likely N-dealkylation sites (tertiary alicyclic amines) is 1. The van der Waals surface area contributed by atoms with E-state index in [1.807, 2.05) is 34.9 Å². The fourth-order valence-electron chi connectivity index (χ4n) is 2.88. The lowest BCUT2D eigenvalue weighted by atomic mass is 10.1. The summed E-state index contributed by atoms with van der Waals surface area (Å²) in [5.41, 5.74) is 1.18. The average Bonchev–Trinajstić information content (AvgIpc) is 3.09. The van der Waals surface area contributed by atoms with Crippen LogP contribution in [-0.2, 0) is 11.2 Å². The molecular formula is C19H22N2OS. The van der Waals surface area contributed by atoms with Crippen molar-refractivity contribution in [3.8, 4) is 0 Å². The van der Waals surface area contributed by atoms with Crippen molar-refractivity contribution < 1.29 is 4.79 Å². The van der Waals surface area contributed by atoms with E-state index in [1.54, 1.807) is 12.4 Å². The zero-order valence-electron chi connectivity index (χ0n) is 13.2. The average molecular weight is 326 g/mol. The molecule has 2 heterocycles. The van der Waals surface area contributed by atoms with Crippen molar-refractivity contribution in [1.82, 2.24) is 9.88 Å². The van der Waals surface area contributed by atoms with Crippen LogP contribution in [0.15, 0.2) is 59.8 Å². The van der Waals surface area contributed by atoms with E-state index in [-0.39, 0.29) is 5.91 Å². The summed E-state index contributed by atoms with van der Waals surface area (Å²) in [5, 5.41) is 0. The van der Waals surface area contributed by atoms with E-state index in [9.17, 15) is 4.79 Å². The molecule has 2 aromatic rings. The van der Waals surface area contributed by atoms with Crippen molar-refractivity contribution in [2.45, 2.75) is 24.2 Å². The maximum absolute atomic E-state index is 12.3. The second-order valence-electron chi connectivity index (χ2n) is 5.97. The third kappa shape index (κ3) is 4.83. The first kappa shape index (κ1) is 16.1. The van der Waals surface area contributed by atoms with Gasteiger partial charge >= 0.3 is 0 Å². The minimum absolute atomic E-state index is 0.286. The van der Waals surface area contributed by atoms with E-state index in [1.165, 1.54) is 10.5 Å². The molecular weight excluding hydrogens is 304 g/mol. The van der Waals surface area contributed by atoms with Gasteiger partial charge in [0.2, 0.25) is 5.91 Å². The third-order valence-electron chi connectivity index (χ3n) is 4.24. The molecule has 3 rings (SSSR count). The van der Waals surface area contributed by atoms with Gasteiger partial charge in [-0.2, -0.15) is 0 Å². The molecule has 0 aliphatic carbocycles. The molecule has 1 aliphatic rings. The molecule has 0 unspecified atom stereocenters. The molecule has 1 aromatic heterocycles. The first-order valence-electron chi connectivity index (χ1n) is 8.16. The number of pyridine rings is 1. The predicted molar refractivity (Wildman–Crippen MR) is 94.4 cm³/mol. The molecule has 1 aliphatic heterocycles. The van der Waals surface area contributed by atoms with Crippen LogP contribution in [0.3, 0.4) is 0 Å². The van der Waals surface area contributed by atoms with Gasteiger partial charge in [-0.25, -0.2) is 0 Å². The molecule has 4 heteroatoms. The van der Waals surface area contributed by atoms with Crippen LogP contribution < -0.4 is 0 Å². The lowest BCUT2D eigenvalue weighted by Gasteiger charge is -2.16. The number of rotatable bonds is 6. The number of aromatic nitrogens is 1. The van der Waals surface area contributed by atoms with E-state index in [0.717, 1.165) is 31.7 Å². The Hall–Kier alpha value is -1.81. The van der Waals surface area contributed by atoms with Crippen LogP contribution in [0.25, 0.3) is 0 Å². The van der Waals surface area contributed by atoms with Crippen molar-refractivity contribution in [3.05, 3.63) is 60.4 Å². The van der Waals surface area contributed by atoms with Gasteiger partial charge in [-0.1, -0.05) is 18.2 Å². The second kappa shape index (κ2) is 8.16. The van der Waals surface area contributed by atoms with Crippen LogP contribution in [0.5, 0.6) is 0 Å². The number of nitrogens with zero attached hydrogens (tertiary/aromatic N) is 2. The highest BCUT2D eigenvalue weighted by Gasteiger charge is 2.25. The highest BCUT2D eigenvalue weighted by atomic mass is 32.2. The maximum atomic E-state index is 12.3. The Morgan fingerprint density at radius 2 is 1.96 bits per heavy atom. The summed E-state index contributed by atoms with van der Waals surface area (Å²) in [6.07, 6.45) is 6.10. The van der Waals surface area contributed by atoms with Gasteiger partial charge in [0.15, 0.2) is 0 Å². The van der Waals surface area contributed by atoms with E-state index < -0.39 is 0 Å². The summed E-state index contributed by atoms with van der Waals surface area (Å²) in [7, 11) is 0. The van der Waals surface area contributed by atoms with Crippen LogP contribution >= 0.6 is 11.8 Å². The molecule has 0 N–H and O–H groups in total. The third-order valence-corrected chi connectivity index (χ3v) is 5.49. The van der Waals surface area contributed by atoms with Crippen molar-refractivity contribution in [2.24, 2.45) is 5.92 Å². The van der Waals surface area contributed by atoms with E-state index in [0.29, 0.717) is 12.3 Å². The summed E-state index contributed by atoms with van der Waals surface area (Å²) in [6, 6.07) is 14.5. The molecule has 0 radical (unpaired) electrons. The van der Waals surface area contributed by atoms with Crippen molar-refractivity contribution in [1.29, 1.82) is 0 Å². The monoisotopic (exact) mass is 326 g/mol. The van der Waals surface area contributed by atoms with Gasteiger partial charge in [-0.15, -0.1) is 11.8 Å². The lowest BCUT2D eigenvalue weighted by molar-refractivity contribution is -0.130. The fourth-order valence-corrected chi connectivity index (χ4v) is 3.93. The summed E-state index contributed by atoms with van der Waals surface area (Å²) in [4.78, 5) is 19.7. The largest absolute Gasteiger partial charge is 0.342 e. The van der Waals surface area contributed by atoms with Crippen LogP contribution in [0.2, 0.25) is 0 Å². The molecule has 1 atom stereocenters. The Bertz CT molecular complexity index is 618. The van der Waals surface area contributed by atoms with E-state index in [4.69, 9.17) is 0 Å². The molecule has 120 valence electrons. The predicted octanol–water partition coefficient (Wildman–Crippen LogP) is 3.66. The summed E-state index contributed by atoms with van der Waals surface area (Å²) < 4.78 is 0. The van der Waals surface area contributed by atoms with Gasteiger partial charge in [0.05, 0.1) is 0 Å². The molecule has 23 heavy (non-hydrogen) atoms. The second-order valence-corrected chi connectivity index (χ2v) is 7.07. The number of thioether (sulfide) groups is 1. The quantitative estimate of drug-likeness (QED) is 0.760. The number of benzene rings is 1. The molecule has 1 amide bonds. The van der Waals surface area contributed by atoms with Gasteiger partial charge < -0.3 is 4.90 Å². The first-order valence-corrected chi connectivity index (χ1v) is 9.14. The summed E-state index contributed by atoms with van der Waals surface area (Å²) in [5.74, 6) is 2.00. The van der Waals surface area contributed by atoms with Crippen LogP contribution in [-0.4, -0.2) is 34.6 Å². The molecule has 1 fully saturated rings. The van der Waals surface area contributed by atoms with E-state index in [2.05, 4.69) is 29.2 Å². The zero-order chi connectivity index (χ0) is 15.9. The topological polar surface area (TPSA) is 33.2 Å². The van der Waals surface area contributed by atoms with Crippen LogP contribution in [0.4, 0.5) is 0 Å². The Balaban J connectivity index is 1.41. The summed E-state index contributed by atoms with van der Waals surface area (Å²) in [6.45, 7) is 1.82. The number of aryl methyl sites for hydroxylation is 1. The van der Waals surface area contributed by atoms with Gasteiger partial charge in [0, 0.05) is 42.6 Å². The minimum atomic E-state index is 0.286. The van der Waals surface area contributed by atoms with Gasteiger partial charge in [-0.3, -0.25) is 9.78 Å². The molecule has 0 bridgehead atoms. The Labute approximate surface area is 142 Å². The van der Waals surface area contributed by atoms with Crippen molar-refractivity contribution >= 4 is 17.7 Å². The Morgan fingerprint density at radius 1 is 1.17 bits per heavy atom. The maximum Gasteiger partial charge on any atom is 0.222 e. The van der Waals surface area contributed by atoms with Gasteiger partial charge in [0.25, 0.3) is 0 Å². The van der Waals surface area contributed by atoms with Crippen molar-refractivity contribution in [2.75, 3.05) is 18.8 Å². The van der Waals surface area contributed by atoms with Gasteiger partial charge in [-0.05, 0) is 48.6 Å².